The van der Waals surface area contributed by atoms with Crippen LogP contribution in [0.1, 0.15) is 17.5 Å². The molecule has 0 saturated carbocycles. The average molecular weight is 350 g/mol. The standard InChI is InChI=1S/C18H14N4O2S/c1-12(18-20-15-4-2-3-5-16(15)25-18)21-22-17(23)11-24-14-8-6-13(10-19)7-9-14/h2-9H,11H2,1H3,(H,22,23)/b21-12-. The number of hydrogen-bond donors (Lipinski definition) is 1. The summed E-state index contributed by atoms with van der Waals surface area (Å²) in [5, 5.41) is 13.6. The van der Waals surface area contributed by atoms with Crippen molar-refractivity contribution < 1.29 is 9.53 Å². The molecule has 0 spiro atoms. The number of thiazole rings is 1. The van der Waals surface area contributed by atoms with E-state index < -0.39 is 0 Å². The van der Waals surface area contributed by atoms with Gasteiger partial charge in [0.2, 0.25) is 0 Å². The lowest BCUT2D eigenvalue weighted by atomic mass is 10.2. The molecule has 1 N–H and O–H groups in total. The molecular formula is C18H14N4O2S. The molecular weight excluding hydrogens is 336 g/mol. The fourth-order valence-corrected chi connectivity index (χ4v) is 2.94. The highest BCUT2D eigenvalue weighted by Crippen LogP contribution is 2.21. The Bertz CT molecular complexity index is 938. The Morgan fingerprint density at radius 1 is 1.28 bits per heavy atom. The predicted octanol–water partition coefficient (Wildman–Crippen LogP) is 3.09. The van der Waals surface area contributed by atoms with E-state index in [2.05, 4.69) is 15.5 Å². The first-order valence-electron chi connectivity index (χ1n) is 7.48. The van der Waals surface area contributed by atoms with Crippen LogP contribution in [0.25, 0.3) is 10.2 Å². The van der Waals surface area contributed by atoms with E-state index in [1.54, 1.807) is 31.2 Å². The Kier molecular flexibility index (Phi) is 5.02. The van der Waals surface area contributed by atoms with Crippen molar-refractivity contribution in [2.24, 2.45) is 5.10 Å². The number of nitrogens with one attached hydrogen (secondary N) is 1. The zero-order valence-electron chi connectivity index (χ0n) is 13.4. The second-order valence-corrected chi connectivity index (χ2v) is 6.17. The van der Waals surface area contributed by atoms with Gasteiger partial charge in [0.15, 0.2) is 6.61 Å². The molecule has 0 aliphatic carbocycles. The van der Waals surface area contributed by atoms with Gasteiger partial charge in [0.25, 0.3) is 5.91 Å². The summed E-state index contributed by atoms with van der Waals surface area (Å²) in [7, 11) is 0. The van der Waals surface area contributed by atoms with E-state index >= 15 is 0 Å². The molecule has 0 radical (unpaired) electrons. The first kappa shape index (κ1) is 16.6. The van der Waals surface area contributed by atoms with Gasteiger partial charge < -0.3 is 4.74 Å². The number of hydrazone groups is 1. The molecule has 0 atom stereocenters. The quantitative estimate of drug-likeness (QED) is 0.566. The maximum Gasteiger partial charge on any atom is 0.277 e. The molecule has 3 rings (SSSR count). The molecule has 0 bridgehead atoms. The molecule has 1 aromatic heterocycles. The van der Waals surface area contributed by atoms with Crippen molar-refractivity contribution in [3.05, 3.63) is 59.1 Å². The van der Waals surface area contributed by atoms with Gasteiger partial charge in [-0.15, -0.1) is 11.3 Å². The van der Waals surface area contributed by atoms with Crippen LogP contribution >= 0.6 is 11.3 Å². The minimum Gasteiger partial charge on any atom is -0.484 e. The van der Waals surface area contributed by atoms with Gasteiger partial charge in [0.1, 0.15) is 10.8 Å². The second-order valence-electron chi connectivity index (χ2n) is 5.14. The molecule has 0 aliphatic rings. The molecule has 1 heterocycles. The molecule has 25 heavy (non-hydrogen) atoms. The van der Waals surface area contributed by atoms with E-state index in [9.17, 15) is 4.79 Å². The summed E-state index contributed by atoms with van der Waals surface area (Å²) in [6, 6.07) is 16.4. The van der Waals surface area contributed by atoms with Gasteiger partial charge >= 0.3 is 0 Å². The van der Waals surface area contributed by atoms with E-state index in [4.69, 9.17) is 10.00 Å². The zero-order valence-corrected chi connectivity index (χ0v) is 14.2. The third-order valence-corrected chi connectivity index (χ3v) is 4.45. The lowest BCUT2D eigenvalue weighted by molar-refractivity contribution is -0.123. The van der Waals surface area contributed by atoms with E-state index in [1.807, 2.05) is 30.3 Å². The molecule has 0 fully saturated rings. The van der Waals surface area contributed by atoms with Gasteiger partial charge in [-0.1, -0.05) is 12.1 Å². The van der Waals surface area contributed by atoms with E-state index in [-0.39, 0.29) is 12.5 Å². The van der Waals surface area contributed by atoms with Crippen molar-refractivity contribution in [2.75, 3.05) is 6.61 Å². The van der Waals surface area contributed by atoms with Crippen LogP contribution < -0.4 is 10.2 Å². The maximum absolute atomic E-state index is 11.8. The highest BCUT2D eigenvalue weighted by molar-refractivity contribution is 7.20. The van der Waals surface area contributed by atoms with Crippen molar-refractivity contribution in [3.63, 3.8) is 0 Å². The minimum absolute atomic E-state index is 0.164. The Morgan fingerprint density at radius 3 is 2.76 bits per heavy atom. The van der Waals surface area contributed by atoms with Gasteiger partial charge in [-0.2, -0.15) is 10.4 Å². The monoisotopic (exact) mass is 350 g/mol. The Balaban J connectivity index is 1.56. The molecule has 2 aromatic carbocycles. The Morgan fingerprint density at radius 2 is 2.04 bits per heavy atom. The molecule has 3 aromatic rings. The third-order valence-electron chi connectivity index (χ3n) is 3.31. The molecule has 6 nitrogen and oxygen atoms in total. The number of nitrogens with zero attached hydrogens (tertiary/aromatic N) is 3. The van der Waals surface area contributed by atoms with Crippen LogP contribution in [-0.2, 0) is 4.79 Å². The van der Waals surface area contributed by atoms with Gasteiger partial charge in [-0.25, -0.2) is 10.4 Å². The Labute approximate surface area is 148 Å². The van der Waals surface area contributed by atoms with Gasteiger partial charge in [0, 0.05) is 0 Å². The first-order valence-corrected chi connectivity index (χ1v) is 8.29. The lowest BCUT2D eigenvalue weighted by Crippen LogP contribution is -2.25. The van der Waals surface area contributed by atoms with E-state index in [1.165, 1.54) is 11.3 Å². The Hall–Kier alpha value is -3.24. The SMILES string of the molecule is C/C(=N/NC(=O)COc1ccc(C#N)cc1)c1nc2ccccc2s1. The van der Waals surface area contributed by atoms with Crippen LogP contribution in [0.4, 0.5) is 0 Å². The van der Waals surface area contributed by atoms with Crippen LogP contribution in [0, 0.1) is 11.3 Å². The van der Waals surface area contributed by atoms with Crippen molar-refractivity contribution in [1.82, 2.24) is 10.4 Å². The van der Waals surface area contributed by atoms with Crippen LogP contribution in [0.2, 0.25) is 0 Å². The van der Waals surface area contributed by atoms with Crippen LogP contribution in [-0.4, -0.2) is 23.2 Å². The molecule has 0 saturated heterocycles. The van der Waals surface area contributed by atoms with E-state index in [0.717, 1.165) is 15.2 Å². The first-order chi connectivity index (χ1) is 12.2. The van der Waals surface area contributed by atoms with Crippen molar-refractivity contribution in [2.45, 2.75) is 6.92 Å². The fourth-order valence-electron chi connectivity index (χ4n) is 2.03. The molecule has 7 heteroatoms. The number of carbonyl (C=O) groups is 1. The molecule has 0 unspecified atom stereocenters. The highest BCUT2D eigenvalue weighted by Gasteiger charge is 2.07. The van der Waals surface area contributed by atoms with Crippen molar-refractivity contribution in [1.29, 1.82) is 5.26 Å². The number of benzene rings is 2. The maximum atomic E-state index is 11.8. The number of ether oxygens (including phenoxy) is 1. The number of nitriles is 1. The van der Waals surface area contributed by atoms with E-state index in [0.29, 0.717) is 17.0 Å². The lowest BCUT2D eigenvalue weighted by Gasteiger charge is -2.05. The summed E-state index contributed by atoms with van der Waals surface area (Å²) in [6.07, 6.45) is 0. The van der Waals surface area contributed by atoms with Crippen molar-refractivity contribution in [3.8, 4) is 11.8 Å². The number of carbonyl (C=O) groups excluding carboxylic acids is 1. The summed E-state index contributed by atoms with van der Waals surface area (Å²) < 4.78 is 6.42. The summed E-state index contributed by atoms with van der Waals surface area (Å²) in [5.74, 6) is 0.144. The predicted molar refractivity (Wildman–Crippen MR) is 96.6 cm³/mol. The summed E-state index contributed by atoms with van der Waals surface area (Å²) in [5.41, 5.74) is 4.53. The third kappa shape index (κ3) is 4.19. The molecule has 1 amide bonds. The van der Waals surface area contributed by atoms with Gasteiger partial charge in [-0.05, 0) is 43.3 Å². The van der Waals surface area contributed by atoms with Crippen LogP contribution in [0.3, 0.4) is 0 Å². The molecule has 124 valence electrons. The largest absolute Gasteiger partial charge is 0.484 e. The number of hydrogen-bond acceptors (Lipinski definition) is 6. The number of fused-ring (bicyclic) bond motifs is 1. The zero-order chi connectivity index (χ0) is 17.6. The minimum atomic E-state index is -0.371. The summed E-state index contributed by atoms with van der Waals surface area (Å²) >= 11 is 1.52. The number of rotatable bonds is 5. The summed E-state index contributed by atoms with van der Waals surface area (Å²) in [6.45, 7) is 1.63. The van der Waals surface area contributed by atoms with Gasteiger partial charge in [0.05, 0.1) is 27.6 Å². The van der Waals surface area contributed by atoms with Crippen LogP contribution in [0.15, 0.2) is 53.6 Å². The van der Waals surface area contributed by atoms with Crippen LogP contribution in [0.5, 0.6) is 5.75 Å². The normalized spacial score (nSPS) is 11.1. The van der Waals surface area contributed by atoms with Crippen molar-refractivity contribution >= 4 is 33.2 Å². The summed E-state index contributed by atoms with van der Waals surface area (Å²) in [4.78, 5) is 16.3. The number of aromatic nitrogens is 1. The topological polar surface area (TPSA) is 87.4 Å². The van der Waals surface area contributed by atoms with Gasteiger partial charge in [-0.3, -0.25) is 4.79 Å². The highest BCUT2D eigenvalue weighted by atomic mass is 32.1. The number of para-hydroxylation sites is 1. The fraction of sp³-hybridized carbons (Fsp3) is 0.111. The molecule has 0 aliphatic heterocycles. The smallest absolute Gasteiger partial charge is 0.277 e. The second kappa shape index (κ2) is 7.55. The average Bonchev–Trinajstić information content (AvgIpc) is 3.09. The number of amides is 1.